The van der Waals surface area contributed by atoms with Gasteiger partial charge < -0.3 is 29.2 Å². The lowest BCUT2D eigenvalue weighted by Crippen LogP contribution is -2.32. The van der Waals surface area contributed by atoms with E-state index in [-0.39, 0.29) is 37.8 Å². The van der Waals surface area contributed by atoms with E-state index in [9.17, 15) is 19.8 Å². The van der Waals surface area contributed by atoms with Gasteiger partial charge in [0.25, 0.3) is 0 Å². The van der Waals surface area contributed by atoms with Gasteiger partial charge in [0.05, 0.1) is 31.0 Å². The maximum absolute atomic E-state index is 11.3. The highest BCUT2D eigenvalue weighted by atomic mass is 16.6. The standard InChI is InChI=1S/C35H48O8/c1-9-32(38)41-22-31(37)23-42-35(8,11-3)29-18-16-28(17-19-29)34(6,7)27-14-12-26(13-15-27)25(5)40-21-30(36)20-24(4)43-33(39)10-2/h9-10,12-19,24-25,30-31,36-37H,1-2,11,20-23H2,3-8H3. The van der Waals surface area contributed by atoms with Crippen LogP contribution in [0.1, 0.15) is 82.7 Å². The molecular formula is C35H48O8. The van der Waals surface area contributed by atoms with Gasteiger partial charge in [0.15, 0.2) is 0 Å². The van der Waals surface area contributed by atoms with E-state index in [0.717, 1.165) is 34.4 Å². The highest BCUT2D eigenvalue weighted by Gasteiger charge is 2.29. The van der Waals surface area contributed by atoms with Crippen LogP contribution in [0.25, 0.3) is 0 Å². The smallest absolute Gasteiger partial charge is 0.330 e. The Morgan fingerprint density at radius 3 is 1.88 bits per heavy atom. The van der Waals surface area contributed by atoms with Gasteiger partial charge in [0.2, 0.25) is 0 Å². The molecule has 2 rings (SSSR count). The summed E-state index contributed by atoms with van der Waals surface area (Å²) in [6, 6.07) is 16.6. The molecule has 0 spiro atoms. The number of ether oxygens (including phenoxy) is 4. The molecule has 0 aromatic heterocycles. The number of hydrogen-bond donors (Lipinski definition) is 2. The summed E-state index contributed by atoms with van der Waals surface area (Å²) in [5.41, 5.74) is 3.36. The first-order valence-corrected chi connectivity index (χ1v) is 14.7. The van der Waals surface area contributed by atoms with Crippen LogP contribution in [0.3, 0.4) is 0 Å². The van der Waals surface area contributed by atoms with Crippen molar-refractivity contribution in [3.63, 3.8) is 0 Å². The number of benzene rings is 2. The number of esters is 2. The summed E-state index contributed by atoms with van der Waals surface area (Å²) < 4.78 is 22.0. The first kappa shape index (κ1) is 35.9. The van der Waals surface area contributed by atoms with Gasteiger partial charge in [0.1, 0.15) is 18.8 Å². The molecule has 0 bridgehead atoms. The lowest BCUT2D eigenvalue weighted by Gasteiger charge is -2.32. The minimum absolute atomic E-state index is 0.0275. The molecule has 0 heterocycles. The van der Waals surface area contributed by atoms with Gasteiger partial charge in [-0.05, 0) is 49.4 Å². The molecule has 5 atom stereocenters. The highest BCUT2D eigenvalue weighted by Crippen LogP contribution is 2.35. The molecule has 0 aliphatic rings. The van der Waals surface area contributed by atoms with E-state index in [4.69, 9.17) is 18.9 Å². The van der Waals surface area contributed by atoms with Gasteiger partial charge >= 0.3 is 11.9 Å². The molecule has 2 aromatic rings. The Balaban J connectivity index is 2.00. The summed E-state index contributed by atoms with van der Waals surface area (Å²) in [4.78, 5) is 22.6. The zero-order valence-corrected chi connectivity index (χ0v) is 26.4. The largest absolute Gasteiger partial charge is 0.460 e. The molecule has 2 aromatic carbocycles. The summed E-state index contributed by atoms with van der Waals surface area (Å²) >= 11 is 0. The van der Waals surface area contributed by atoms with E-state index < -0.39 is 35.9 Å². The van der Waals surface area contributed by atoms with Gasteiger partial charge in [-0.25, -0.2) is 9.59 Å². The summed E-state index contributed by atoms with van der Waals surface area (Å²) in [6.07, 6.45) is 0.759. The Hall–Kier alpha value is -3.30. The van der Waals surface area contributed by atoms with Crippen LogP contribution < -0.4 is 0 Å². The number of hydrogen-bond acceptors (Lipinski definition) is 8. The van der Waals surface area contributed by atoms with Gasteiger partial charge in [-0.1, -0.05) is 82.5 Å². The van der Waals surface area contributed by atoms with Crippen molar-refractivity contribution in [2.45, 2.75) is 89.8 Å². The lowest BCUT2D eigenvalue weighted by molar-refractivity contribution is -0.145. The summed E-state index contributed by atoms with van der Waals surface area (Å²) in [5, 5.41) is 20.5. The number of carbonyl (C=O) groups is 2. The molecule has 2 N–H and O–H groups in total. The van der Waals surface area contributed by atoms with Crippen molar-refractivity contribution in [2.75, 3.05) is 19.8 Å². The van der Waals surface area contributed by atoms with Crippen LogP contribution in [0, 0.1) is 0 Å². The molecule has 8 nitrogen and oxygen atoms in total. The molecule has 8 heteroatoms. The van der Waals surface area contributed by atoms with Gasteiger partial charge in [0, 0.05) is 24.0 Å². The van der Waals surface area contributed by atoms with Crippen LogP contribution in [-0.4, -0.2) is 60.3 Å². The molecule has 0 fully saturated rings. The third-order valence-corrected chi connectivity index (χ3v) is 7.80. The third kappa shape index (κ3) is 10.7. The molecule has 0 aliphatic carbocycles. The van der Waals surface area contributed by atoms with Crippen molar-refractivity contribution < 1.29 is 38.7 Å². The van der Waals surface area contributed by atoms with Crippen LogP contribution in [-0.2, 0) is 39.6 Å². The summed E-state index contributed by atoms with van der Waals surface area (Å²) in [6.45, 7) is 18.7. The first-order valence-electron chi connectivity index (χ1n) is 14.7. The first-order chi connectivity index (χ1) is 20.2. The molecule has 0 saturated heterocycles. The normalized spacial score (nSPS) is 15.8. The molecule has 0 radical (unpaired) electrons. The average molecular weight is 597 g/mol. The molecule has 0 amide bonds. The molecule has 5 unspecified atom stereocenters. The maximum Gasteiger partial charge on any atom is 0.330 e. The van der Waals surface area contributed by atoms with Gasteiger partial charge in [-0.15, -0.1) is 0 Å². The van der Waals surface area contributed by atoms with E-state index >= 15 is 0 Å². The van der Waals surface area contributed by atoms with Crippen molar-refractivity contribution in [3.05, 3.63) is 96.1 Å². The van der Waals surface area contributed by atoms with Crippen LogP contribution >= 0.6 is 0 Å². The highest BCUT2D eigenvalue weighted by molar-refractivity contribution is 5.81. The van der Waals surface area contributed by atoms with Crippen molar-refractivity contribution in [1.82, 2.24) is 0 Å². The van der Waals surface area contributed by atoms with Gasteiger partial charge in [-0.3, -0.25) is 0 Å². The lowest BCUT2D eigenvalue weighted by atomic mass is 9.77. The number of carbonyl (C=O) groups excluding carboxylic acids is 2. The van der Waals surface area contributed by atoms with Crippen LogP contribution in [0.2, 0.25) is 0 Å². The fraction of sp³-hybridized carbons (Fsp3) is 0.486. The van der Waals surface area contributed by atoms with Crippen molar-refractivity contribution in [2.24, 2.45) is 0 Å². The zero-order valence-electron chi connectivity index (χ0n) is 26.4. The Morgan fingerprint density at radius 2 is 1.35 bits per heavy atom. The van der Waals surface area contributed by atoms with Crippen molar-refractivity contribution >= 4 is 11.9 Å². The second-order valence-electron chi connectivity index (χ2n) is 11.5. The number of aliphatic hydroxyl groups is 2. The zero-order chi connectivity index (χ0) is 32.2. The monoisotopic (exact) mass is 596 g/mol. The summed E-state index contributed by atoms with van der Waals surface area (Å²) in [5.74, 6) is -1.10. The molecule has 0 aliphatic heterocycles. The Labute approximate surface area is 256 Å². The molecule has 0 saturated carbocycles. The Morgan fingerprint density at radius 1 is 0.814 bits per heavy atom. The van der Waals surface area contributed by atoms with E-state index in [0.29, 0.717) is 6.42 Å². The predicted octanol–water partition coefficient (Wildman–Crippen LogP) is 5.69. The Kier molecular flexibility index (Phi) is 13.8. The van der Waals surface area contributed by atoms with Crippen LogP contribution in [0.15, 0.2) is 73.8 Å². The third-order valence-electron chi connectivity index (χ3n) is 7.80. The maximum atomic E-state index is 11.3. The number of rotatable bonds is 18. The predicted molar refractivity (Wildman–Crippen MR) is 167 cm³/mol. The van der Waals surface area contributed by atoms with E-state index in [2.05, 4.69) is 63.4 Å². The second kappa shape index (κ2) is 16.5. The molecular weight excluding hydrogens is 548 g/mol. The van der Waals surface area contributed by atoms with Crippen LogP contribution in [0.4, 0.5) is 0 Å². The molecule has 43 heavy (non-hydrogen) atoms. The fourth-order valence-corrected chi connectivity index (χ4v) is 4.63. The fourth-order valence-electron chi connectivity index (χ4n) is 4.63. The van der Waals surface area contributed by atoms with Crippen LogP contribution in [0.5, 0.6) is 0 Å². The Bertz CT molecular complexity index is 1190. The minimum atomic E-state index is -0.938. The van der Waals surface area contributed by atoms with Crippen molar-refractivity contribution in [1.29, 1.82) is 0 Å². The quantitative estimate of drug-likeness (QED) is 0.167. The minimum Gasteiger partial charge on any atom is -0.460 e. The SMILES string of the molecule is C=CC(=O)OCC(O)COC(C)(CC)c1ccc(C(C)(C)c2ccc(C(C)OCC(O)CC(C)OC(=O)C=C)cc2)cc1. The topological polar surface area (TPSA) is 112 Å². The molecule has 236 valence electrons. The summed E-state index contributed by atoms with van der Waals surface area (Å²) in [7, 11) is 0. The average Bonchev–Trinajstić information content (AvgIpc) is 3.01. The van der Waals surface area contributed by atoms with Gasteiger partial charge in [-0.2, -0.15) is 0 Å². The van der Waals surface area contributed by atoms with E-state index in [1.54, 1.807) is 6.92 Å². The second-order valence-corrected chi connectivity index (χ2v) is 11.5. The number of aliphatic hydroxyl groups excluding tert-OH is 2. The van der Waals surface area contributed by atoms with E-state index in [1.165, 1.54) is 0 Å². The van der Waals surface area contributed by atoms with E-state index in [1.807, 2.05) is 32.9 Å². The van der Waals surface area contributed by atoms with Crippen molar-refractivity contribution in [3.8, 4) is 0 Å².